The normalized spacial score (nSPS) is 11.6. The summed E-state index contributed by atoms with van der Waals surface area (Å²) in [6, 6.07) is 0. The van der Waals surface area contributed by atoms with Gasteiger partial charge in [0, 0.05) is 26.0 Å². The van der Waals surface area contributed by atoms with Crippen LogP contribution in [0, 0.1) is 6.92 Å². The summed E-state index contributed by atoms with van der Waals surface area (Å²) in [7, 11) is -0.740. The predicted molar refractivity (Wildman–Crippen MR) is 70.5 cm³/mol. The predicted octanol–water partition coefficient (Wildman–Crippen LogP) is -0.638. The molecular weight excluding hydrogens is 284 g/mol. The summed E-state index contributed by atoms with van der Waals surface area (Å²) in [5.74, 6) is -0.609. The maximum absolute atomic E-state index is 12.1. The Bertz CT molecular complexity index is 773. The van der Waals surface area contributed by atoms with Crippen molar-refractivity contribution >= 4 is 21.7 Å². The average molecular weight is 298 g/mol. The molecule has 0 saturated carbocycles. The van der Waals surface area contributed by atoms with Gasteiger partial charge in [-0.15, -0.1) is 0 Å². The lowest BCUT2D eigenvalue weighted by Crippen LogP contribution is -2.18. The first-order valence-electron chi connectivity index (χ1n) is 5.56. The first-order valence-corrected chi connectivity index (χ1v) is 7.11. The molecule has 1 amide bonds. The number of nitrogens with one attached hydrogen (secondary N) is 1. The molecule has 108 valence electrons. The van der Waals surface area contributed by atoms with Gasteiger partial charge in [-0.3, -0.25) is 14.2 Å². The largest absolute Gasteiger partial charge is 0.304 e. The second-order valence-electron chi connectivity index (χ2n) is 4.28. The lowest BCUT2D eigenvalue weighted by atomic mass is 10.2. The Kier molecular flexibility index (Phi) is 3.36. The minimum atomic E-state index is -3.96. The van der Waals surface area contributed by atoms with Gasteiger partial charge in [-0.05, 0) is 6.92 Å². The summed E-state index contributed by atoms with van der Waals surface area (Å²) in [6.45, 7) is 1.72. The molecule has 0 aliphatic heterocycles. The quantitative estimate of drug-likeness (QED) is 0.780. The molecule has 0 saturated heterocycles. The molecule has 0 radical (unpaired) electrons. The van der Waals surface area contributed by atoms with Crippen LogP contribution in [0.15, 0.2) is 17.3 Å². The van der Waals surface area contributed by atoms with Crippen LogP contribution in [0.2, 0.25) is 0 Å². The number of anilines is 1. The molecule has 0 aliphatic carbocycles. The van der Waals surface area contributed by atoms with E-state index in [0.717, 1.165) is 0 Å². The van der Waals surface area contributed by atoms with E-state index >= 15 is 0 Å². The second-order valence-corrected chi connectivity index (χ2v) is 5.81. The second kappa shape index (κ2) is 4.72. The summed E-state index contributed by atoms with van der Waals surface area (Å²) >= 11 is 0. The highest BCUT2D eigenvalue weighted by atomic mass is 32.2. The third kappa shape index (κ3) is 2.56. The van der Waals surface area contributed by atoms with Crippen molar-refractivity contribution in [2.75, 3.05) is 5.32 Å². The number of primary sulfonamides is 1. The van der Waals surface area contributed by atoms with Crippen LogP contribution in [-0.2, 0) is 24.1 Å². The van der Waals surface area contributed by atoms with E-state index in [1.807, 2.05) is 0 Å². The van der Waals surface area contributed by atoms with Crippen molar-refractivity contribution < 1.29 is 13.2 Å². The van der Waals surface area contributed by atoms with Crippen molar-refractivity contribution in [3.63, 3.8) is 0 Å². The van der Waals surface area contributed by atoms with E-state index in [1.54, 1.807) is 14.0 Å². The van der Waals surface area contributed by atoms with Crippen LogP contribution in [0.5, 0.6) is 0 Å². The van der Waals surface area contributed by atoms with Crippen LogP contribution in [0.4, 0.5) is 5.82 Å². The zero-order valence-corrected chi connectivity index (χ0v) is 12.0. The van der Waals surface area contributed by atoms with Crippen LogP contribution < -0.4 is 10.5 Å². The van der Waals surface area contributed by atoms with Crippen molar-refractivity contribution in [2.24, 2.45) is 19.2 Å². The van der Waals surface area contributed by atoms with E-state index in [1.165, 1.54) is 28.8 Å². The van der Waals surface area contributed by atoms with E-state index in [0.29, 0.717) is 11.3 Å². The van der Waals surface area contributed by atoms with Gasteiger partial charge in [-0.2, -0.15) is 10.2 Å². The standard InChI is InChI=1S/C10H14N6O3S/c1-6-7(4-12-16(6)3)10(17)13-9-8(20(11,18)19)5-15(2)14-9/h4-5H,1-3H3,(H2,11,18,19)(H,13,14,17). The zero-order valence-electron chi connectivity index (χ0n) is 11.2. The molecule has 2 aromatic rings. The molecule has 20 heavy (non-hydrogen) atoms. The lowest BCUT2D eigenvalue weighted by Gasteiger charge is -2.03. The van der Waals surface area contributed by atoms with E-state index in [9.17, 15) is 13.2 Å². The molecule has 9 nitrogen and oxygen atoms in total. The first kappa shape index (κ1) is 14.2. The topological polar surface area (TPSA) is 125 Å². The molecule has 0 atom stereocenters. The summed E-state index contributed by atoms with van der Waals surface area (Å²) in [5, 5.41) is 15.3. The summed E-state index contributed by atoms with van der Waals surface area (Å²) in [6.07, 6.45) is 2.62. The van der Waals surface area contributed by atoms with Gasteiger partial charge in [-0.1, -0.05) is 0 Å². The maximum Gasteiger partial charge on any atom is 0.260 e. The third-order valence-electron chi connectivity index (χ3n) is 2.81. The van der Waals surface area contributed by atoms with Crippen LogP contribution in [0.1, 0.15) is 16.1 Å². The molecule has 3 N–H and O–H groups in total. The van der Waals surface area contributed by atoms with E-state index in [4.69, 9.17) is 5.14 Å². The fraction of sp³-hybridized carbons (Fsp3) is 0.300. The van der Waals surface area contributed by atoms with Crippen molar-refractivity contribution in [3.8, 4) is 0 Å². The van der Waals surface area contributed by atoms with Crippen molar-refractivity contribution in [1.29, 1.82) is 0 Å². The molecule has 2 heterocycles. The first-order chi connectivity index (χ1) is 9.20. The van der Waals surface area contributed by atoms with Gasteiger partial charge < -0.3 is 5.32 Å². The fourth-order valence-electron chi connectivity index (χ4n) is 1.66. The molecular formula is C10H14N6O3S. The van der Waals surface area contributed by atoms with Gasteiger partial charge in [0.1, 0.15) is 4.90 Å². The van der Waals surface area contributed by atoms with Gasteiger partial charge in [0.05, 0.1) is 11.8 Å². The van der Waals surface area contributed by atoms with E-state index in [-0.39, 0.29) is 10.7 Å². The van der Waals surface area contributed by atoms with Gasteiger partial charge in [0.25, 0.3) is 5.91 Å². The van der Waals surface area contributed by atoms with Crippen molar-refractivity contribution in [1.82, 2.24) is 19.6 Å². The summed E-state index contributed by atoms with van der Waals surface area (Å²) in [4.78, 5) is 11.8. The zero-order chi connectivity index (χ0) is 15.1. The monoisotopic (exact) mass is 298 g/mol. The summed E-state index contributed by atoms with van der Waals surface area (Å²) in [5.41, 5.74) is 0.981. The molecule has 0 unspecified atom stereocenters. The number of nitrogens with zero attached hydrogens (tertiary/aromatic N) is 4. The van der Waals surface area contributed by atoms with Crippen molar-refractivity contribution in [3.05, 3.63) is 23.7 Å². The van der Waals surface area contributed by atoms with E-state index < -0.39 is 15.9 Å². The highest BCUT2D eigenvalue weighted by Crippen LogP contribution is 2.18. The minimum Gasteiger partial charge on any atom is -0.304 e. The summed E-state index contributed by atoms with van der Waals surface area (Å²) < 4.78 is 25.6. The molecule has 10 heteroatoms. The number of sulfonamides is 1. The SMILES string of the molecule is Cc1c(C(=O)Nc2nn(C)cc2S(N)(=O)=O)cnn1C. The Hall–Kier alpha value is -2.20. The van der Waals surface area contributed by atoms with Gasteiger partial charge in [0.2, 0.25) is 10.0 Å². The highest BCUT2D eigenvalue weighted by molar-refractivity contribution is 7.89. The molecule has 2 aromatic heterocycles. The average Bonchev–Trinajstić information content (AvgIpc) is 2.83. The fourth-order valence-corrected chi connectivity index (χ4v) is 2.32. The number of hydrogen-bond donors (Lipinski definition) is 2. The molecule has 0 aromatic carbocycles. The molecule has 0 spiro atoms. The number of carbonyl (C=O) groups is 1. The Morgan fingerprint density at radius 1 is 1.40 bits per heavy atom. The Balaban J connectivity index is 2.36. The number of carbonyl (C=O) groups excluding carboxylic acids is 1. The minimum absolute atomic E-state index is 0.108. The smallest absolute Gasteiger partial charge is 0.260 e. The van der Waals surface area contributed by atoms with Crippen LogP contribution in [0.25, 0.3) is 0 Å². The highest BCUT2D eigenvalue weighted by Gasteiger charge is 2.21. The van der Waals surface area contributed by atoms with Gasteiger partial charge in [0.15, 0.2) is 5.82 Å². The Morgan fingerprint density at radius 2 is 2.05 bits per heavy atom. The van der Waals surface area contributed by atoms with Crippen molar-refractivity contribution in [2.45, 2.75) is 11.8 Å². The number of amides is 1. The molecule has 0 bridgehead atoms. The van der Waals surface area contributed by atoms with Crippen LogP contribution in [0.3, 0.4) is 0 Å². The Labute approximate surface area is 115 Å². The van der Waals surface area contributed by atoms with Crippen LogP contribution in [-0.4, -0.2) is 33.9 Å². The lowest BCUT2D eigenvalue weighted by molar-refractivity contribution is 0.102. The number of aryl methyl sites for hydroxylation is 2. The molecule has 2 rings (SSSR count). The number of nitrogens with two attached hydrogens (primary N) is 1. The number of aromatic nitrogens is 4. The number of rotatable bonds is 3. The molecule has 0 aliphatic rings. The third-order valence-corrected chi connectivity index (χ3v) is 3.73. The number of hydrogen-bond acceptors (Lipinski definition) is 5. The van der Waals surface area contributed by atoms with Gasteiger partial charge >= 0.3 is 0 Å². The van der Waals surface area contributed by atoms with Crippen LogP contribution >= 0.6 is 0 Å². The van der Waals surface area contributed by atoms with E-state index in [2.05, 4.69) is 15.5 Å². The molecule has 0 fully saturated rings. The van der Waals surface area contributed by atoms with Gasteiger partial charge in [-0.25, -0.2) is 13.6 Å². The maximum atomic E-state index is 12.1. The Morgan fingerprint density at radius 3 is 2.55 bits per heavy atom.